The smallest absolute Gasteiger partial charge is 0.157 e. The van der Waals surface area contributed by atoms with Gasteiger partial charge in [-0.15, -0.1) is 0 Å². The van der Waals surface area contributed by atoms with E-state index < -0.39 is 0 Å². The molecule has 0 spiro atoms. The lowest BCUT2D eigenvalue weighted by Crippen LogP contribution is -2.44. The minimum atomic E-state index is -0.0640. The highest BCUT2D eigenvalue weighted by Crippen LogP contribution is 2.24. The van der Waals surface area contributed by atoms with Crippen LogP contribution in [0.15, 0.2) is 18.2 Å². The summed E-state index contributed by atoms with van der Waals surface area (Å²) in [5.41, 5.74) is 0.990. The van der Waals surface area contributed by atoms with Crippen molar-refractivity contribution in [3.8, 4) is 11.5 Å². The molecular formula is C16H26N2O2. The number of nitrogens with one attached hydrogen (secondary N) is 1. The molecule has 3 N–H and O–H groups in total. The minimum absolute atomic E-state index is 0.0516. The first-order valence-electron chi connectivity index (χ1n) is 7.53. The van der Waals surface area contributed by atoms with Crippen molar-refractivity contribution in [2.75, 3.05) is 19.6 Å². The van der Waals surface area contributed by atoms with Crippen LogP contribution in [-0.2, 0) is 6.54 Å². The Morgan fingerprint density at radius 1 is 1.15 bits per heavy atom. The van der Waals surface area contributed by atoms with Crippen molar-refractivity contribution in [2.45, 2.75) is 39.3 Å². The number of aromatic hydroxyl groups is 2. The van der Waals surface area contributed by atoms with Crippen LogP contribution in [0.5, 0.6) is 11.5 Å². The van der Waals surface area contributed by atoms with Crippen molar-refractivity contribution in [1.82, 2.24) is 10.2 Å². The first-order chi connectivity index (χ1) is 9.58. The van der Waals surface area contributed by atoms with Crippen LogP contribution in [-0.4, -0.2) is 40.8 Å². The predicted molar refractivity (Wildman–Crippen MR) is 80.9 cm³/mol. The van der Waals surface area contributed by atoms with Gasteiger partial charge in [0.1, 0.15) is 0 Å². The molecule has 1 aromatic rings. The van der Waals surface area contributed by atoms with Gasteiger partial charge in [-0.05, 0) is 49.5 Å². The molecule has 0 bridgehead atoms. The van der Waals surface area contributed by atoms with Crippen LogP contribution in [0.25, 0.3) is 0 Å². The van der Waals surface area contributed by atoms with Crippen LogP contribution >= 0.6 is 0 Å². The molecule has 1 aliphatic rings. The lowest BCUT2D eigenvalue weighted by molar-refractivity contribution is 0.186. The van der Waals surface area contributed by atoms with Crippen LogP contribution in [0.2, 0.25) is 0 Å². The third-order valence-corrected chi connectivity index (χ3v) is 4.10. The maximum absolute atomic E-state index is 9.48. The molecule has 1 saturated heterocycles. The van der Waals surface area contributed by atoms with Gasteiger partial charge in [-0.3, -0.25) is 4.90 Å². The van der Waals surface area contributed by atoms with Crippen molar-refractivity contribution in [3.05, 3.63) is 23.8 Å². The van der Waals surface area contributed by atoms with Crippen molar-refractivity contribution in [3.63, 3.8) is 0 Å². The first-order valence-corrected chi connectivity index (χ1v) is 7.53. The molecule has 0 radical (unpaired) electrons. The van der Waals surface area contributed by atoms with E-state index >= 15 is 0 Å². The average Bonchev–Trinajstić information content (AvgIpc) is 2.92. The molecule has 112 valence electrons. The molecule has 1 aliphatic heterocycles. The molecule has 2 rings (SSSR count). The zero-order valence-corrected chi connectivity index (χ0v) is 12.5. The summed E-state index contributed by atoms with van der Waals surface area (Å²) in [5, 5.41) is 22.3. The Morgan fingerprint density at radius 2 is 1.85 bits per heavy atom. The fourth-order valence-electron chi connectivity index (χ4n) is 2.90. The number of phenols is 2. The zero-order valence-electron chi connectivity index (χ0n) is 12.5. The fourth-order valence-corrected chi connectivity index (χ4v) is 2.90. The molecular weight excluding hydrogens is 252 g/mol. The quantitative estimate of drug-likeness (QED) is 0.699. The molecule has 0 aliphatic carbocycles. The number of rotatable bonds is 6. The Bertz CT molecular complexity index is 428. The predicted octanol–water partition coefficient (Wildman–Crippen LogP) is 2.31. The van der Waals surface area contributed by atoms with Gasteiger partial charge >= 0.3 is 0 Å². The molecule has 0 saturated carbocycles. The molecule has 1 fully saturated rings. The maximum atomic E-state index is 9.48. The summed E-state index contributed by atoms with van der Waals surface area (Å²) in [6.45, 7) is 8.65. The molecule has 1 aromatic carbocycles. The van der Waals surface area contributed by atoms with Gasteiger partial charge in [-0.1, -0.05) is 19.9 Å². The standard InChI is InChI=1S/C16H26N2O2/c1-12(2)14(18-7-3-4-8-18)11-17-10-13-5-6-15(19)16(20)9-13/h5-6,9,12,14,17,19-20H,3-4,7-8,10-11H2,1-2H3. The van der Waals surface area contributed by atoms with Gasteiger partial charge in [0.2, 0.25) is 0 Å². The second kappa shape index (κ2) is 6.95. The number of hydrogen-bond donors (Lipinski definition) is 3. The molecule has 1 atom stereocenters. The highest BCUT2D eigenvalue weighted by atomic mass is 16.3. The topological polar surface area (TPSA) is 55.7 Å². The average molecular weight is 278 g/mol. The largest absolute Gasteiger partial charge is 0.504 e. The molecule has 20 heavy (non-hydrogen) atoms. The van der Waals surface area contributed by atoms with E-state index in [4.69, 9.17) is 0 Å². The monoisotopic (exact) mass is 278 g/mol. The van der Waals surface area contributed by atoms with Crippen molar-refractivity contribution in [2.24, 2.45) is 5.92 Å². The Labute approximate surface area is 121 Å². The van der Waals surface area contributed by atoms with Gasteiger partial charge in [0.25, 0.3) is 0 Å². The SMILES string of the molecule is CC(C)C(CNCc1ccc(O)c(O)c1)N1CCCC1. The van der Waals surface area contributed by atoms with E-state index in [2.05, 4.69) is 24.1 Å². The molecule has 0 aromatic heterocycles. The molecule has 4 nitrogen and oxygen atoms in total. The van der Waals surface area contributed by atoms with Crippen molar-refractivity contribution < 1.29 is 10.2 Å². The van der Waals surface area contributed by atoms with E-state index in [-0.39, 0.29) is 11.5 Å². The summed E-state index contributed by atoms with van der Waals surface area (Å²) in [6.07, 6.45) is 2.63. The van der Waals surface area contributed by atoms with Crippen LogP contribution in [0, 0.1) is 5.92 Å². The number of likely N-dealkylation sites (tertiary alicyclic amines) is 1. The lowest BCUT2D eigenvalue weighted by atomic mass is 10.0. The molecule has 1 unspecified atom stereocenters. The van der Waals surface area contributed by atoms with Crippen LogP contribution in [0.3, 0.4) is 0 Å². The van der Waals surface area contributed by atoms with E-state index in [0.29, 0.717) is 18.5 Å². The Hall–Kier alpha value is -1.26. The molecule has 1 heterocycles. The summed E-state index contributed by atoms with van der Waals surface area (Å²) in [6, 6.07) is 5.56. The Kier molecular flexibility index (Phi) is 5.26. The summed E-state index contributed by atoms with van der Waals surface area (Å²) < 4.78 is 0. The number of phenolic OH excluding ortho intramolecular Hbond substituents is 2. The summed E-state index contributed by atoms with van der Waals surface area (Å²) in [4.78, 5) is 2.58. The highest BCUT2D eigenvalue weighted by Gasteiger charge is 2.23. The van der Waals surface area contributed by atoms with Crippen molar-refractivity contribution >= 4 is 0 Å². The number of benzene rings is 1. The maximum Gasteiger partial charge on any atom is 0.157 e. The third kappa shape index (κ3) is 3.87. The van der Waals surface area contributed by atoms with Gasteiger partial charge in [-0.25, -0.2) is 0 Å². The first kappa shape index (κ1) is 15.1. The number of nitrogens with zero attached hydrogens (tertiary/aromatic N) is 1. The van der Waals surface area contributed by atoms with E-state index in [9.17, 15) is 10.2 Å². The normalized spacial score (nSPS) is 17.8. The second-order valence-corrected chi connectivity index (χ2v) is 6.01. The van der Waals surface area contributed by atoms with Crippen molar-refractivity contribution in [1.29, 1.82) is 0 Å². The van der Waals surface area contributed by atoms with Gasteiger partial charge in [0.05, 0.1) is 0 Å². The van der Waals surface area contributed by atoms with E-state index in [0.717, 1.165) is 12.1 Å². The lowest BCUT2D eigenvalue weighted by Gasteiger charge is -2.31. The van der Waals surface area contributed by atoms with Gasteiger partial charge in [0.15, 0.2) is 11.5 Å². The van der Waals surface area contributed by atoms with Crippen LogP contribution < -0.4 is 5.32 Å². The highest BCUT2D eigenvalue weighted by molar-refractivity contribution is 5.40. The number of hydrogen-bond acceptors (Lipinski definition) is 4. The van der Waals surface area contributed by atoms with E-state index in [1.54, 1.807) is 6.07 Å². The van der Waals surface area contributed by atoms with Gasteiger partial charge < -0.3 is 15.5 Å². The third-order valence-electron chi connectivity index (χ3n) is 4.10. The molecule has 4 heteroatoms. The fraction of sp³-hybridized carbons (Fsp3) is 0.625. The van der Waals surface area contributed by atoms with E-state index in [1.165, 1.54) is 32.0 Å². The van der Waals surface area contributed by atoms with Gasteiger partial charge in [0, 0.05) is 19.1 Å². The second-order valence-electron chi connectivity index (χ2n) is 6.01. The summed E-state index contributed by atoms with van der Waals surface area (Å²) >= 11 is 0. The van der Waals surface area contributed by atoms with E-state index in [1.807, 2.05) is 6.07 Å². The molecule has 0 amide bonds. The van der Waals surface area contributed by atoms with Gasteiger partial charge in [-0.2, -0.15) is 0 Å². The summed E-state index contributed by atoms with van der Waals surface area (Å²) in [7, 11) is 0. The summed E-state index contributed by atoms with van der Waals surface area (Å²) in [5.74, 6) is 0.518. The van der Waals surface area contributed by atoms with Crippen LogP contribution in [0.4, 0.5) is 0 Å². The minimum Gasteiger partial charge on any atom is -0.504 e. The Balaban J connectivity index is 1.84. The Morgan fingerprint density at radius 3 is 2.45 bits per heavy atom. The van der Waals surface area contributed by atoms with Crippen LogP contribution in [0.1, 0.15) is 32.3 Å². The zero-order chi connectivity index (χ0) is 14.5.